The standard InChI is InChI=1S/C23H27FN6O3/c1-13-11-30(18-8-7-17(21(31)25-3)26-14(18)2)10-9-29(13)12-15-5-6-16-20(19(15)24)27-23(33)28(4)22(16)32/h5-8,13H,9-12H2,1-4H3,(H,25,31)(H,27,33). The van der Waals surface area contributed by atoms with Gasteiger partial charge in [-0.2, -0.15) is 0 Å². The second-order valence-corrected chi connectivity index (χ2v) is 8.40. The minimum atomic E-state index is -0.642. The van der Waals surface area contributed by atoms with E-state index in [9.17, 15) is 14.4 Å². The SMILES string of the molecule is CNC(=O)c1ccc(N2CCN(Cc3ccc4c(=O)n(C)c(=O)[nH]c4c3F)C(C)C2)c(C)n1. The summed E-state index contributed by atoms with van der Waals surface area (Å²) in [6.07, 6.45) is 0. The maximum atomic E-state index is 15.2. The van der Waals surface area contributed by atoms with Crippen LogP contribution in [0, 0.1) is 12.7 Å². The molecular formula is C23H27FN6O3. The van der Waals surface area contributed by atoms with Gasteiger partial charge in [0, 0.05) is 51.9 Å². The van der Waals surface area contributed by atoms with Gasteiger partial charge < -0.3 is 15.2 Å². The molecule has 1 saturated heterocycles. The van der Waals surface area contributed by atoms with Crippen molar-refractivity contribution in [2.75, 3.05) is 31.6 Å². The molecule has 0 spiro atoms. The summed E-state index contributed by atoms with van der Waals surface area (Å²) in [5, 5.41) is 2.73. The van der Waals surface area contributed by atoms with Crippen LogP contribution in [-0.2, 0) is 13.6 Å². The van der Waals surface area contributed by atoms with Crippen molar-refractivity contribution >= 4 is 22.5 Å². The van der Waals surface area contributed by atoms with Gasteiger partial charge in [0.05, 0.1) is 22.3 Å². The van der Waals surface area contributed by atoms with Crippen LogP contribution in [0.25, 0.3) is 10.9 Å². The monoisotopic (exact) mass is 454 g/mol. The number of aromatic nitrogens is 3. The molecule has 3 aromatic rings. The lowest BCUT2D eigenvalue weighted by Gasteiger charge is -2.41. The van der Waals surface area contributed by atoms with Gasteiger partial charge in [-0.1, -0.05) is 6.07 Å². The molecule has 0 aliphatic carbocycles. The minimum absolute atomic E-state index is 0.0511. The molecule has 0 radical (unpaired) electrons. The molecule has 10 heteroatoms. The molecule has 33 heavy (non-hydrogen) atoms. The molecule has 2 N–H and O–H groups in total. The first-order chi connectivity index (χ1) is 15.7. The second kappa shape index (κ2) is 8.78. The van der Waals surface area contributed by atoms with Crippen LogP contribution in [0.5, 0.6) is 0 Å². The number of halogens is 1. The number of aryl methyl sites for hydroxylation is 1. The lowest BCUT2D eigenvalue weighted by atomic mass is 10.1. The fourth-order valence-electron chi connectivity index (χ4n) is 4.32. The molecule has 3 heterocycles. The number of benzene rings is 1. The van der Waals surface area contributed by atoms with Gasteiger partial charge in [0.15, 0.2) is 5.82 Å². The van der Waals surface area contributed by atoms with Crippen molar-refractivity contribution in [1.82, 2.24) is 24.8 Å². The normalized spacial score (nSPS) is 16.9. The molecule has 174 valence electrons. The Hall–Kier alpha value is -3.53. The van der Waals surface area contributed by atoms with E-state index in [-0.39, 0.29) is 22.9 Å². The first-order valence-corrected chi connectivity index (χ1v) is 10.8. The molecule has 0 saturated carbocycles. The molecule has 1 aromatic carbocycles. The average Bonchev–Trinajstić information content (AvgIpc) is 2.80. The van der Waals surface area contributed by atoms with E-state index < -0.39 is 17.1 Å². The number of piperazine rings is 1. The number of carbonyl (C=O) groups is 1. The first-order valence-electron chi connectivity index (χ1n) is 10.8. The Bertz CT molecular complexity index is 1350. The quantitative estimate of drug-likeness (QED) is 0.613. The lowest BCUT2D eigenvalue weighted by molar-refractivity contribution is 0.0958. The summed E-state index contributed by atoms with van der Waals surface area (Å²) in [6.45, 7) is 6.45. The van der Waals surface area contributed by atoms with Crippen LogP contribution in [0.3, 0.4) is 0 Å². The number of pyridine rings is 1. The molecular weight excluding hydrogens is 427 g/mol. The number of rotatable bonds is 4. The number of amides is 1. The van der Waals surface area contributed by atoms with Gasteiger partial charge in [-0.25, -0.2) is 14.2 Å². The Labute approximate surface area is 189 Å². The van der Waals surface area contributed by atoms with Gasteiger partial charge in [0.25, 0.3) is 11.5 Å². The third-order valence-electron chi connectivity index (χ3n) is 6.29. The molecule has 1 amide bonds. The van der Waals surface area contributed by atoms with Crippen LogP contribution in [0.4, 0.5) is 10.1 Å². The van der Waals surface area contributed by atoms with Crippen LogP contribution >= 0.6 is 0 Å². The highest BCUT2D eigenvalue weighted by atomic mass is 19.1. The van der Waals surface area contributed by atoms with E-state index in [0.29, 0.717) is 30.9 Å². The van der Waals surface area contributed by atoms with E-state index in [1.54, 1.807) is 25.2 Å². The van der Waals surface area contributed by atoms with Crippen molar-refractivity contribution in [2.24, 2.45) is 7.05 Å². The number of anilines is 1. The van der Waals surface area contributed by atoms with E-state index in [0.717, 1.165) is 22.5 Å². The highest BCUT2D eigenvalue weighted by molar-refractivity contribution is 5.92. The van der Waals surface area contributed by atoms with Gasteiger partial charge in [0.2, 0.25) is 0 Å². The smallest absolute Gasteiger partial charge is 0.328 e. The Morgan fingerprint density at radius 1 is 1.24 bits per heavy atom. The van der Waals surface area contributed by atoms with Crippen molar-refractivity contribution in [1.29, 1.82) is 0 Å². The summed E-state index contributed by atoms with van der Waals surface area (Å²) in [4.78, 5) is 47.3. The van der Waals surface area contributed by atoms with E-state index in [1.165, 1.54) is 7.05 Å². The number of fused-ring (bicyclic) bond motifs is 1. The summed E-state index contributed by atoms with van der Waals surface area (Å²) < 4.78 is 16.1. The highest BCUT2D eigenvalue weighted by Gasteiger charge is 2.26. The third-order valence-corrected chi connectivity index (χ3v) is 6.29. The zero-order valence-corrected chi connectivity index (χ0v) is 19.1. The van der Waals surface area contributed by atoms with Crippen molar-refractivity contribution in [3.8, 4) is 0 Å². The molecule has 4 rings (SSSR count). The third kappa shape index (κ3) is 4.13. The average molecular weight is 455 g/mol. The summed E-state index contributed by atoms with van der Waals surface area (Å²) in [6, 6.07) is 6.93. The van der Waals surface area contributed by atoms with Crippen molar-refractivity contribution in [3.05, 3.63) is 67.9 Å². The van der Waals surface area contributed by atoms with Crippen LogP contribution in [-0.4, -0.2) is 58.1 Å². The van der Waals surface area contributed by atoms with Gasteiger partial charge in [-0.05, 0) is 32.0 Å². The molecule has 1 aliphatic heterocycles. The van der Waals surface area contributed by atoms with E-state index in [2.05, 4.69) is 32.0 Å². The first kappa shape index (κ1) is 22.7. The van der Waals surface area contributed by atoms with Crippen LogP contribution in [0.2, 0.25) is 0 Å². The molecule has 1 unspecified atom stereocenters. The maximum Gasteiger partial charge on any atom is 0.328 e. The largest absolute Gasteiger partial charge is 0.367 e. The molecule has 9 nitrogen and oxygen atoms in total. The fraction of sp³-hybridized carbons (Fsp3) is 0.391. The predicted octanol–water partition coefficient (Wildman–Crippen LogP) is 1.14. The Kier molecular flexibility index (Phi) is 6.03. The maximum absolute atomic E-state index is 15.2. The van der Waals surface area contributed by atoms with Gasteiger partial charge in [-0.15, -0.1) is 0 Å². The van der Waals surface area contributed by atoms with Crippen molar-refractivity contribution in [2.45, 2.75) is 26.4 Å². The number of hydrogen-bond acceptors (Lipinski definition) is 6. The van der Waals surface area contributed by atoms with E-state index in [4.69, 9.17) is 0 Å². The highest BCUT2D eigenvalue weighted by Crippen LogP contribution is 2.25. The number of nitrogens with one attached hydrogen (secondary N) is 2. The molecule has 1 fully saturated rings. The van der Waals surface area contributed by atoms with Crippen molar-refractivity contribution < 1.29 is 9.18 Å². The summed E-state index contributed by atoms with van der Waals surface area (Å²) >= 11 is 0. The predicted molar refractivity (Wildman–Crippen MR) is 124 cm³/mol. The second-order valence-electron chi connectivity index (χ2n) is 8.40. The Morgan fingerprint density at radius 2 is 2.00 bits per heavy atom. The number of H-pyrrole nitrogens is 1. The number of carbonyl (C=O) groups excluding carboxylic acids is 1. The van der Waals surface area contributed by atoms with Crippen LogP contribution < -0.4 is 21.5 Å². The number of nitrogens with zero attached hydrogens (tertiary/aromatic N) is 4. The van der Waals surface area contributed by atoms with Gasteiger partial charge in [0.1, 0.15) is 5.69 Å². The molecule has 1 atom stereocenters. The Balaban J connectivity index is 1.52. The Morgan fingerprint density at radius 3 is 2.67 bits per heavy atom. The van der Waals surface area contributed by atoms with E-state index >= 15 is 4.39 Å². The fourth-order valence-corrected chi connectivity index (χ4v) is 4.32. The molecule has 0 bridgehead atoms. The zero-order chi connectivity index (χ0) is 23.9. The topological polar surface area (TPSA) is 103 Å². The van der Waals surface area contributed by atoms with Gasteiger partial charge in [-0.3, -0.25) is 19.1 Å². The zero-order valence-electron chi connectivity index (χ0n) is 19.1. The lowest BCUT2D eigenvalue weighted by Crippen LogP contribution is -2.51. The number of hydrogen-bond donors (Lipinski definition) is 2. The summed E-state index contributed by atoms with van der Waals surface area (Å²) in [7, 11) is 2.93. The van der Waals surface area contributed by atoms with E-state index in [1.807, 2.05) is 13.0 Å². The minimum Gasteiger partial charge on any atom is -0.367 e. The van der Waals surface area contributed by atoms with Crippen LogP contribution in [0.15, 0.2) is 33.9 Å². The van der Waals surface area contributed by atoms with Gasteiger partial charge >= 0.3 is 5.69 Å². The molecule has 1 aliphatic rings. The number of aromatic amines is 1. The summed E-state index contributed by atoms with van der Waals surface area (Å²) in [5.74, 6) is -0.791. The van der Waals surface area contributed by atoms with Crippen LogP contribution in [0.1, 0.15) is 28.7 Å². The summed E-state index contributed by atoms with van der Waals surface area (Å²) in [5.41, 5.74) is 1.35. The molecule has 2 aromatic heterocycles. The van der Waals surface area contributed by atoms with Crippen molar-refractivity contribution in [3.63, 3.8) is 0 Å².